The third-order valence-electron chi connectivity index (χ3n) is 6.56. The zero-order chi connectivity index (χ0) is 30.1. The number of rotatable bonds is 13. The largest absolute Gasteiger partial charge is 0.493 e. The van der Waals surface area contributed by atoms with Gasteiger partial charge in [-0.25, -0.2) is 4.79 Å². The quantitative estimate of drug-likeness (QED) is 0.0796. The minimum Gasteiger partial charge on any atom is -0.493 e. The average Bonchev–Trinajstić information content (AvgIpc) is 3.00. The molecule has 0 bridgehead atoms. The fourth-order valence-corrected chi connectivity index (χ4v) is 4.28. The molecule has 0 fully saturated rings. The molecular formula is C32H33N5O5. The summed E-state index contributed by atoms with van der Waals surface area (Å²) < 4.78 is 11.5. The van der Waals surface area contributed by atoms with Crippen LogP contribution in [0.4, 0.5) is 11.4 Å². The number of nitrogen functional groups attached to an aromatic ring is 2. The molecule has 4 rings (SSSR count). The summed E-state index contributed by atoms with van der Waals surface area (Å²) in [6.45, 7) is 0.326. The fourth-order valence-electron chi connectivity index (χ4n) is 4.28. The van der Waals surface area contributed by atoms with Gasteiger partial charge in [-0.1, -0.05) is 48.5 Å². The van der Waals surface area contributed by atoms with E-state index < -0.39 is 24.0 Å². The van der Waals surface area contributed by atoms with Gasteiger partial charge in [-0.3, -0.25) is 10.2 Å². The SMILES string of the molecule is COc1cc([C@H](Nc2ccc(C(=N)N)cc2)C(=O)N[C@@H](Cc2ccc(N)cc2)C(=O)O)ccc1OCc1ccccc1. The number of carbonyl (C=O) groups excluding carboxylic acids is 1. The molecule has 1 amide bonds. The molecule has 8 N–H and O–H groups in total. The Bertz CT molecular complexity index is 1530. The lowest BCUT2D eigenvalue weighted by Crippen LogP contribution is -2.45. The number of nitrogens with two attached hydrogens (primary N) is 2. The van der Waals surface area contributed by atoms with Gasteiger partial charge in [0.15, 0.2) is 11.5 Å². The molecule has 2 atom stereocenters. The highest BCUT2D eigenvalue weighted by atomic mass is 16.5. The molecule has 4 aromatic carbocycles. The van der Waals surface area contributed by atoms with E-state index in [1.54, 1.807) is 66.7 Å². The smallest absolute Gasteiger partial charge is 0.326 e. The number of carboxylic acid groups (broad SMARTS) is 1. The number of nitrogens with one attached hydrogen (secondary N) is 3. The van der Waals surface area contributed by atoms with Gasteiger partial charge in [-0.15, -0.1) is 0 Å². The number of amides is 1. The van der Waals surface area contributed by atoms with E-state index in [2.05, 4.69) is 10.6 Å². The van der Waals surface area contributed by atoms with E-state index in [0.717, 1.165) is 5.56 Å². The molecule has 0 aliphatic heterocycles. The number of carboxylic acids is 1. The number of amidine groups is 1. The van der Waals surface area contributed by atoms with Gasteiger partial charge < -0.3 is 36.7 Å². The average molecular weight is 568 g/mol. The van der Waals surface area contributed by atoms with Crippen molar-refractivity contribution in [1.82, 2.24) is 5.32 Å². The first-order chi connectivity index (χ1) is 20.2. The Hall–Kier alpha value is -5.51. The van der Waals surface area contributed by atoms with Crippen LogP contribution in [0, 0.1) is 5.41 Å². The van der Waals surface area contributed by atoms with Crippen molar-refractivity contribution in [3.05, 3.63) is 119 Å². The zero-order valence-corrected chi connectivity index (χ0v) is 23.0. The lowest BCUT2D eigenvalue weighted by Gasteiger charge is -2.24. The van der Waals surface area contributed by atoms with Crippen LogP contribution in [-0.4, -0.2) is 36.0 Å². The highest BCUT2D eigenvalue weighted by Crippen LogP contribution is 2.32. The first-order valence-corrected chi connectivity index (χ1v) is 13.2. The van der Waals surface area contributed by atoms with Crippen LogP contribution in [0.5, 0.6) is 11.5 Å². The molecule has 216 valence electrons. The summed E-state index contributed by atoms with van der Waals surface area (Å²) in [6, 6.07) is 26.1. The van der Waals surface area contributed by atoms with Crippen molar-refractivity contribution in [3.8, 4) is 11.5 Å². The second-order valence-electron chi connectivity index (χ2n) is 9.60. The third kappa shape index (κ3) is 7.79. The molecule has 10 heteroatoms. The fraction of sp³-hybridized carbons (Fsp3) is 0.156. The molecule has 42 heavy (non-hydrogen) atoms. The summed E-state index contributed by atoms with van der Waals surface area (Å²) in [4.78, 5) is 25.8. The number of hydrogen-bond acceptors (Lipinski definition) is 7. The van der Waals surface area contributed by atoms with E-state index in [1.807, 2.05) is 30.3 Å². The second-order valence-corrected chi connectivity index (χ2v) is 9.60. The van der Waals surface area contributed by atoms with Crippen molar-refractivity contribution < 1.29 is 24.2 Å². The third-order valence-corrected chi connectivity index (χ3v) is 6.56. The molecule has 0 radical (unpaired) electrons. The first kappa shape index (κ1) is 29.5. The van der Waals surface area contributed by atoms with E-state index in [4.69, 9.17) is 26.4 Å². The molecule has 0 aromatic heterocycles. The van der Waals surface area contributed by atoms with Gasteiger partial charge in [-0.2, -0.15) is 0 Å². The molecule has 0 spiro atoms. The Morgan fingerprint density at radius 1 is 0.905 bits per heavy atom. The van der Waals surface area contributed by atoms with Crippen molar-refractivity contribution in [2.75, 3.05) is 18.2 Å². The van der Waals surface area contributed by atoms with Gasteiger partial charge in [0.25, 0.3) is 0 Å². The van der Waals surface area contributed by atoms with Crippen LogP contribution in [0.1, 0.15) is 28.3 Å². The predicted octanol–water partition coefficient (Wildman–Crippen LogP) is 4.11. The lowest BCUT2D eigenvalue weighted by atomic mass is 10.0. The first-order valence-electron chi connectivity index (χ1n) is 13.2. The van der Waals surface area contributed by atoms with Gasteiger partial charge in [0.1, 0.15) is 24.5 Å². The van der Waals surface area contributed by atoms with Crippen LogP contribution in [0.15, 0.2) is 97.1 Å². The topological polar surface area (TPSA) is 173 Å². The van der Waals surface area contributed by atoms with Crippen LogP contribution in [0.2, 0.25) is 0 Å². The standard InChI is InChI=1S/C32H33N5O5/c1-41-28-18-23(11-16-27(28)42-19-21-5-3-2-4-6-21)29(36-25-14-9-22(10-15-25)30(34)35)31(38)37-26(32(39)40)17-20-7-12-24(33)13-8-20/h2-16,18,26,29,36H,17,19,33H2,1H3,(H3,34,35)(H,37,38)(H,39,40)/t26-,29-/m0/s1. The van der Waals surface area contributed by atoms with Gasteiger partial charge in [-0.05, 0) is 65.2 Å². The molecule has 0 aliphatic rings. The Balaban J connectivity index is 1.61. The Labute approximate surface area is 243 Å². The number of anilines is 2. The number of ether oxygens (including phenoxy) is 2. The summed E-state index contributed by atoms with van der Waals surface area (Å²) in [5.74, 6) is -0.924. The molecule has 4 aromatic rings. The van der Waals surface area contributed by atoms with E-state index in [1.165, 1.54) is 7.11 Å². The van der Waals surface area contributed by atoms with Crippen molar-refractivity contribution in [3.63, 3.8) is 0 Å². The normalized spacial score (nSPS) is 12.0. The van der Waals surface area contributed by atoms with E-state index in [0.29, 0.717) is 46.2 Å². The minimum absolute atomic E-state index is 0.0664. The van der Waals surface area contributed by atoms with Crippen molar-refractivity contribution in [2.24, 2.45) is 5.73 Å². The highest BCUT2D eigenvalue weighted by Gasteiger charge is 2.28. The summed E-state index contributed by atoms with van der Waals surface area (Å²) in [7, 11) is 1.50. The minimum atomic E-state index is -1.19. The summed E-state index contributed by atoms with van der Waals surface area (Å²) in [5.41, 5.74) is 15.2. The van der Waals surface area contributed by atoms with Gasteiger partial charge in [0.2, 0.25) is 5.91 Å². The number of carbonyl (C=O) groups is 2. The van der Waals surface area contributed by atoms with Gasteiger partial charge in [0, 0.05) is 23.4 Å². The summed E-state index contributed by atoms with van der Waals surface area (Å²) >= 11 is 0. The number of aliphatic carboxylic acids is 1. The van der Waals surface area contributed by atoms with Crippen molar-refractivity contribution >= 4 is 29.1 Å². The maximum atomic E-state index is 13.7. The number of benzene rings is 4. The van der Waals surface area contributed by atoms with Crippen LogP contribution in [0.3, 0.4) is 0 Å². The van der Waals surface area contributed by atoms with Crippen molar-refractivity contribution in [2.45, 2.75) is 25.1 Å². The van der Waals surface area contributed by atoms with Crippen LogP contribution < -0.4 is 31.6 Å². The highest BCUT2D eigenvalue weighted by molar-refractivity contribution is 5.95. The molecule has 0 saturated heterocycles. The molecule has 0 unspecified atom stereocenters. The number of methoxy groups -OCH3 is 1. The lowest BCUT2D eigenvalue weighted by molar-refractivity contribution is -0.141. The molecule has 0 heterocycles. The Morgan fingerprint density at radius 2 is 1.60 bits per heavy atom. The maximum Gasteiger partial charge on any atom is 0.326 e. The molecule has 0 saturated carbocycles. The summed E-state index contributed by atoms with van der Waals surface area (Å²) in [6.07, 6.45) is 0.0664. The Kier molecular flexibility index (Phi) is 9.62. The van der Waals surface area contributed by atoms with E-state index in [-0.39, 0.29) is 12.3 Å². The molecule has 10 nitrogen and oxygen atoms in total. The summed E-state index contributed by atoms with van der Waals surface area (Å²) in [5, 5.41) is 23.4. The Morgan fingerprint density at radius 3 is 2.21 bits per heavy atom. The van der Waals surface area contributed by atoms with Crippen LogP contribution in [0.25, 0.3) is 0 Å². The van der Waals surface area contributed by atoms with Crippen LogP contribution in [-0.2, 0) is 22.6 Å². The van der Waals surface area contributed by atoms with Crippen LogP contribution >= 0.6 is 0 Å². The zero-order valence-electron chi connectivity index (χ0n) is 23.0. The molecule has 0 aliphatic carbocycles. The van der Waals surface area contributed by atoms with E-state index in [9.17, 15) is 14.7 Å². The van der Waals surface area contributed by atoms with Crippen molar-refractivity contribution in [1.29, 1.82) is 5.41 Å². The molecular weight excluding hydrogens is 534 g/mol. The van der Waals surface area contributed by atoms with Gasteiger partial charge >= 0.3 is 5.97 Å². The van der Waals surface area contributed by atoms with E-state index >= 15 is 0 Å². The number of hydrogen-bond donors (Lipinski definition) is 6. The van der Waals surface area contributed by atoms with Gasteiger partial charge in [0.05, 0.1) is 7.11 Å². The monoisotopic (exact) mass is 567 g/mol. The second kappa shape index (κ2) is 13.7. The maximum absolute atomic E-state index is 13.7. The predicted molar refractivity (Wildman–Crippen MR) is 162 cm³/mol.